The summed E-state index contributed by atoms with van der Waals surface area (Å²) in [6.45, 7) is 10.4. The van der Waals surface area contributed by atoms with Crippen molar-refractivity contribution >= 4 is 0 Å². The minimum Gasteiger partial charge on any atom is -0.319 e. The van der Waals surface area contributed by atoms with Crippen LogP contribution in [0.4, 0.5) is 0 Å². The second kappa shape index (κ2) is 4.76. The minimum atomic E-state index is 0.490. The Kier molecular flexibility index (Phi) is 4.74. The van der Waals surface area contributed by atoms with Gasteiger partial charge < -0.3 is 5.32 Å². The van der Waals surface area contributed by atoms with Crippen LogP contribution in [0, 0.1) is 11.3 Å². The molecule has 0 saturated heterocycles. The van der Waals surface area contributed by atoms with E-state index >= 15 is 0 Å². The molecule has 1 heteroatoms. The van der Waals surface area contributed by atoms with Crippen molar-refractivity contribution in [3.05, 3.63) is 0 Å². The molecule has 0 aromatic heterocycles. The van der Waals surface area contributed by atoms with Crippen molar-refractivity contribution < 1.29 is 0 Å². The first-order valence-corrected chi connectivity index (χ1v) is 4.75. The van der Waals surface area contributed by atoms with Crippen LogP contribution in [0.15, 0.2) is 0 Å². The first-order chi connectivity index (χ1) is 5.10. The molecule has 1 N–H and O–H groups in total. The van der Waals surface area contributed by atoms with Gasteiger partial charge in [0.1, 0.15) is 0 Å². The maximum Gasteiger partial charge on any atom is 0.000460 e. The maximum atomic E-state index is 3.27. The molecule has 0 aromatic rings. The number of rotatable bonds is 5. The molecule has 0 aliphatic carbocycles. The quantitative estimate of drug-likeness (QED) is 0.647. The summed E-state index contributed by atoms with van der Waals surface area (Å²) in [4.78, 5) is 0. The van der Waals surface area contributed by atoms with Gasteiger partial charge in [0.15, 0.2) is 0 Å². The smallest absolute Gasteiger partial charge is 0.000460 e. The molecular weight excluding hydrogens is 134 g/mol. The summed E-state index contributed by atoms with van der Waals surface area (Å²) in [6, 6.07) is 0. The molecule has 0 amide bonds. The van der Waals surface area contributed by atoms with Crippen LogP contribution in [-0.4, -0.2) is 13.6 Å². The Morgan fingerprint density at radius 2 is 1.91 bits per heavy atom. The summed E-state index contributed by atoms with van der Waals surface area (Å²) in [5.41, 5.74) is 0.490. The van der Waals surface area contributed by atoms with Gasteiger partial charge >= 0.3 is 0 Å². The molecule has 11 heavy (non-hydrogen) atoms. The summed E-state index contributed by atoms with van der Waals surface area (Å²) in [5.74, 6) is 0.819. The van der Waals surface area contributed by atoms with Crippen molar-refractivity contribution in [1.82, 2.24) is 5.32 Å². The van der Waals surface area contributed by atoms with Crippen LogP contribution in [0.5, 0.6) is 0 Å². The predicted molar refractivity (Wildman–Crippen MR) is 51.8 cm³/mol. The molecule has 1 unspecified atom stereocenters. The summed E-state index contributed by atoms with van der Waals surface area (Å²) < 4.78 is 0. The average Bonchev–Trinajstić information content (AvgIpc) is 2.03. The highest BCUT2D eigenvalue weighted by atomic mass is 14.8. The van der Waals surface area contributed by atoms with Gasteiger partial charge in [0.05, 0.1) is 0 Å². The molecule has 0 spiro atoms. The van der Waals surface area contributed by atoms with Gasteiger partial charge in [-0.1, -0.05) is 34.1 Å². The van der Waals surface area contributed by atoms with E-state index in [2.05, 4.69) is 33.0 Å². The molecular formula is C10H23N. The lowest BCUT2D eigenvalue weighted by Gasteiger charge is -2.34. The Balaban J connectivity index is 4.07. The van der Waals surface area contributed by atoms with Crippen LogP contribution >= 0.6 is 0 Å². The third kappa shape index (κ3) is 2.82. The van der Waals surface area contributed by atoms with Gasteiger partial charge in [-0.3, -0.25) is 0 Å². The van der Waals surface area contributed by atoms with E-state index in [-0.39, 0.29) is 0 Å². The van der Waals surface area contributed by atoms with Crippen molar-refractivity contribution in [3.63, 3.8) is 0 Å². The third-order valence-electron chi connectivity index (χ3n) is 3.19. The molecule has 0 aliphatic rings. The zero-order valence-corrected chi connectivity index (χ0v) is 8.70. The van der Waals surface area contributed by atoms with E-state index in [9.17, 15) is 0 Å². The van der Waals surface area contributed by atoms with Crippen molar-refractivity contribution in [2.24, 2.45) is 11.3 Å². The molecule has 0 radical (unpaired) electrons. The highest BCUT2D eigenvalue weighted by Gasteiger charge is 2.26. The van der Waals surface area contributed by atoms with Crippen LogP contribution in [0.25, 0.3) is 0 Å². The average molecular weight is 157 g/mol. The Labute approximate surface area is 71.6 Å². The summed E-state index contributed by atoms with van der Waals surface area (Å²) in [6.07, 6.45) is 2.55. The van der Waals surface area contributed by atoms with Crippen LogP contribution in [0.1, 0.15) is 40.5 Å². The Hall–Kier alpha value is -0.0400. The van der Waals surface area contributed by atoms with Crippen LogP contribution in [0.3, 0.4) is 0 Å². The second-order valence-electron chi connectivity index (χ2n) is 3.85. The molecule has 0 aromatic carbocycles. The van der Waals surface area contributed by atoms with Crippen molar-refractivity contribution in [1.29, 1.82) is 0 Å². The van der Waals surface area contributed by atoms with Gasteiger partial charge in [-0.15, -0.1) is 0 Å². The van der Waals surface area contributed by atoms with Gasteiger partial charge in [0, 0.05) is 6.54 Å². The monoisotopic (exact) mass is 157 g/mol. The fourth-order valence-corrected chi connectivity index (χ4v) is 1.54. The molecule has 0 aliphatic heterocycles. The highest BCUT2D eigenvalue weighted by Crippen LogP contribution is 2.31. The first-order valence-electron chi connectivity index (χ1n) is 4.75. The van der Waals surface area contributed by atoms with Gasteiger partial charge in [-0.2, -0.15) is 0 Å². The van der Waals surface area contributed by atoms with E-state index < -0.39 is 0 Å². The lowest BCUT2D eigenvalue weighted by molar-refractivity contribution is 0.184. The van der Waals surface area contributed by atoms with Crippen LogP contribution < -0.4 is 5.32 Å². The molecule has 0 fully saturated rings. The molecule has 0 bridgehead atoms. The first kappa shape index (κ1) is 11.0. The van der Waals surface area contributed by atoms with Gasteiger partial charge in [-0.25, -0.2) is 0 Å². The van der Waals surface area contributed by atoms with E-state index in [0.717, 1.165) is 12.5 Å². The topological polar surface area (TPSA) is 12.0 Å². The number of hydrogen-bond donors (Lipinski definition) is 1. The van der Waals surface area contributed by atoms with Crippen molar-refractivity contribution in [2.75, 3.05) is 13.6 Å². The summed E-state index contributed by atoms with van der Waals surface area (Å²) in [5, 5.41) is 3.27. The Morgan fingerprint density at radius 1 is 1.36 bits per heavy atom. The zero-order valence-electron chi connectivity index (χ0n) is 8.70. The zero-order chi connectivity index (χ0) is 8.91. The molecule has 0 heterocycles. The van der Waals surface area contributed by atoms with Crippen molar-refractivity contribution in [2.45, 2.75) is 40.5 Å². The number of hydrogen-bond acceptors (Lipinski definition) is 1. The highest BCUT2D eigenvalue weighted by molar-refractivity contribution is 4.79. The molecule has 2 atom stereocenters. The summed E-state index contributed by atoms with van der Waals surface area (Å²) >= 11 is 0. The fraction of sp³-hybridized carbons (Fsp3) is 1.00. The molecule has 0 rings (SSSR count). The predicted octanol–water partition coefficient (Wildman–Crippen LogP) is 2.67. The standard InChI is InChI=1S/C10H23N/c1-6-9(3)10(4,7-2)8-11-5/h9,11H,6-8H2,1-5H3/t9?,10-/m0/s1. The number of nitrogens with one attached hydrogen (secondary N) is 1. The van der Waals surface area contributed by atoms with Gasteiger partial charge in [-0.05, 0) is 24.8 Å². The van der Waals surface area contributed by atoms with E-state index in [1.807, 2.05) is 7.05 Å². The van der Waals surface area contributed by atoms with E-state index in [1.165, 1.54) is 12.8 Å². The van der Waals surface area contributed by atoms with Gasteiger partial charge in [0.25, 0.3) is 0 Å². The van der Waals surface area contributed by atoms with E-state index in [4.69, 9.17) is 0 Å². The van der Waals surface area contributed by atoms with Crippen LogP contribution in [0.2, 0.25) is 0 Å². The summed E-state index contributed by atoms with van der Waals surface area (Å²) in [7, 11) is 2.04. The SMILES string of the molecule is CCC(C)[C@@](C)(CC)CNC. The lowest BCUT2D eigenvalue weighted by Crippen LogP contribution is -2.34. The van der Waals surface area contributed by atoms with E-state index in [1.54, 1.807) is 0 Å². The van der Waals surface area contributed by atoms with E-state index in [0.29, 0.717) is 5.41 Å². The maximum absolute atomic E-state index is 3.27. The molecule has 1 nitrogen and oxygen atoms in total. The normalized spacial score (nSPS) is 19.4. The van der Waals surface area contributed by atoms with Crippen molar-refractivity contribution in [3.8, 4) is 0 Å². The molecule has 0 saturated carbocycles. The Bertz CT molecular complexity index is 101. The largest absolute Gasteiger partial charge is 0.319 e. The Morgan fingerprint density at radius 3 is 2.18 bits per heavy atom. The van der Waals surface area contributed by atoms with Gasteiger partial charge in [0.2, 0.25) is 0 Å². The minimum absolute atomic E-state index is 0.490. The molecule has 68 valence electrons. The second-order valence-corrected chi connectivity index (χ2v) is 3.85. The third-order valence-corrected chi connectivity index (χ3v) is 3.19. The van der Waals surface area contributed by atoms with Crippen LogP contribution in [-0.2, 0) is 0 Å². The fourth-order valence-electron chi connectivity index (χ4n) is 1.54. The lowest BCUT2D eigenvalue weighted by atomic mass is 9.74.